The van der Waals surface area contributed by atoms with E-state index in [2.05, 4.69) is 10.0 Å². The molecular formula is C14H22ClN3O4S2. The predicted octanol–water partition coefficient (Wildman–Crippen LogP) is 0.428. The normalized spacial score (nSPS) is 22.8. The molecule has 0 aliphatic carbocycles. The molecule has 2 N–H and O–H groups in total. The molecule has 2 aliphatic rings. The van der Waals surface area contributed by atoms with Crippen LogP contribution in [0.4, 0.5) is 0 Å². The van der Waals surface area contributed by atoms with Gasteiger partial charge in [0, 0.05) is 32.2 Å². The summed E-state index contributed by atoms with van der Waals surface area (Å²) in [6.45, 7) is 2.97. The monoisotopic (exact) mass is 395 g/mol. The van der Waals surface area contributed by atoms with Crippen molar-refractivity contribution in [2.75, 3.05) is 32.8 Å². The van der Waals surface area contributed by atoms with Gasteiger partial charge in [-0.1, -0.05) is 6.07 Å². The second kappa shape index (κ2) is 8.59. The van der Waals surface area contributed by atoms with Gasteiger partial charge in [-0.3, -0.25) is 4.79 Å². The van der Waals surface area contributed by atoms with E-state index in [9.17, 15) is 13.2 Å². The zero-order valence-electron chi connectivity index (χ0n) is 13.1. The smallest absolute Gasteiger partial charge is 0.253 e. The minimum Gasteiger partial charge on any atom is -0.366 e. The maximum Gasteiger partial charge on any atom is 0.253 e. The molecular weight excluding hydrogens is 374 g/mol. The lowest BCUT2D eigenvalue weighted by atomic mass is 10.1. The van der Waals surface area contributed by atoms with Crippen molar-refractivity contribution < 1.29 is 17.9 Å². The summed E-state index contributed by atoms with van der Waals surface area (Å²) in [7, 11) is -3.44. The molecule has 24 heavy (non-hydrogen) atoms. The van der Waals surface area contributed by atoms with E-state index in [1.165, 1.54) is 11.3 Å². The fraction of sp³-hybridized carbons (Fsp3) is 0.643. The van der Waals surface area contributed by atoms with Gasteiger partial charge >= 0.3 is 0 Å². The summed E-state index contributed by atoms with van der Waals surface area (Å²) >= 11 is 1.20. The minimum atomic E-state index is -3.44. The van der Waals surface area contributed by atoms with Gasteiger partial charge in [0.05, 0.1) is 6.61 Å². The van der Waals surface area contributed by atoms with E-state index in [0.29, 0.717) is 43.3 Å². The van der Waals surface area contributed by atoms with Gasteiger partial charge in [0.1, 0.15) is 10.3 Å². The van der Waals surface area contributed by atoms with Crippen molar-refractivity contribution in [2.45, 2.75) is 29.2 Å². The lowest BCUT2D eigenvalue weighted by Gasteiger charge is -2.35. The summed E-state index contributed by atoms with van der Waals surface area (Å²) in [4.78, 5) is 14.1. The Balaban J connectivity index is 0.00000208. The molecule has 2 fully saturated rings. The Bertz CT molecular complexity index is 624. The average Bonchev–Trinajstić information content (AvgIpc) is 3.11. The third-order valence-electron chi connectivity index (χ3n) is 4.09. The van der Waals surface area contributed by atoms with E-state index >= 15 is 0 Å². The number of hydrogen-bond acceptors (Lipinski definition) is 6. The maximum atomic E-state index is 12.4. The molecule has 1 amide bonds. The molecule has 1 atom stereocenters. The fourth-order valence-corrected chi connectivity index (χ4v) is 5.15. The van der Waals surface area contributed by atoms with Crippen molar-refractivity contribution in [2.24, 2.45) is 0 Å². The number of rotatable bonds is 4. The van der Waals surface area contributed by atoms with Crippen LogP contribution < -0.4 is 10.0 Å². The Morgan fingerprint density at radius 3 is 2.71 bits per heavy atom. The van der Waals surface area contributed by atoms with Crippen LogP contribution in [0, 0.1) is 0 Å². The lowest BCUT2D eigenvalue weighted by molar-refractivity contribution is -0.146. The molecule has 3 rings (SSSR count). The van der Waals surface area contributed by atoms with Crippen molar-refractivity contribution in [1.29, 1.82) is 0 Å². The first-order chi connectivity index (χ1) is 11.1. The number of hydrogen-bond donors (Lipinski definition) is 2. The summed E-state index contributed by atoms with van der Waals surface area (Å²) in [5, 5.41) is 4.89. The van der Waals surface area contributed by atoms with Gasteiger partial charge in [0.15, 0.2) is 0 Å². The summed E-state index contributed by atoms with van der Waals surface area (Å²) in [5.74, 6) is -0.00300. The van der Waals surface area contributed by atoms with Crippen molar-refractivity contribution in [1.82, 2.24) is 14.9 Å². The van der Waals surface area contributed by atoms with Crippen LogP contribution >= 0.6 is 23.7 Å². The zero-order chi connectivity index (χ0) is 16.3. The van der Waals surface area contributed by atoms with E-state index in [1.54, 1.807) is 22.4 Å². The van der Waals surface area contributed by atoms with Crippen LogP contribution in [0.1, 0.15) is 12.8 Å². The van der Waals surface area contributed by atoms with Crippen LogP contribution in [-0.2, 0) is 19.6 Å². The fourth-order valence-electron chi connectivity index (χ4n) is 2.84. The minimum absolute atomic E-state index is 0. The van der Waals surface area contributed by atoms with Gasteiger partial charge in [-0.05, 0) is 24.3 Å². The molecule has 10 heteroatoms. The van der Waals surface area contributed by atoms with E-state index in [-0.39, 0.29) is 24.4 Å². The SMILES string of the molecule is Cl.O=C(C1CNCCO1)N1CCC(NS(=O)(=O)c2cccs2)CC1. The number of nitrogens with one attached hydrogen (secondary N) is 2. The third kappa shape index (κ3) is 4.68. The number of carbonyl (C=O) groups excluding carboxylic acids is 1. The van der Waals surface area contributed by atoms with Gasteiger partial charge in [-0.2, -0.15) is 0 Å². The second-order valence-corrected chi connectivity index (χ2v) is 8.61. The zero-order valence-corrected chi connectivity index (χ0v) is 15.6. The number of thiophene rings is 1. The van der Waals surface area contributed by atoms with Gasteiger partial charge in [0.2, 0.25) is 10.0 Å². The third-order valence-corrected chi connectivity index (χ3v) is 7.01. The van der Waals surface area contributed by atoms with Gasteiger partial charge < -0.3 is 15.0 Å². The van der Waals surface area contributed by atoms with E-state index < -0.39 is 16.1 Å². The number of nitrogens with zero attached hydrogens (tertiary/aromatic N) is 1. The maximum absolute atomic E-state index is 12.4. The van der Waals surface area contributed by atoms with Crippen molar-refractivity contribution in [3.63, 3.8) is 0 Å². The van der Waals surface area contributed by atoms with Gasteiger partial charge in [0.25, 0.3) is 5.91 Å². The first kappa shape index (κ1) is 19.6. The molecule has 1 aromatic rings. The number of likely N-dealkylation sites (tertiary alicyclic amines) is 1. The molecule has 0 aromatic carbocycles. The molecule has 0 radical (unpaired) electrons. The molecule has 1 unspecified atom stereocenters. The Labute approximate surface area is 152 Å². The van der Waals surface area contributed by atoms with Crippen LogP contribution in [0.5, 0.6) is 0 Å². The topological polar surface area (TPSA) is 87.7 Å². The molecule has 1 aromatic heterocycles. The highest BCUT2D eigenvalue weighted by atomic mass is 35.5. The molecule has 2 aliphatic heterocycles. The number of morpholine rings is 1. The first-order valence-electron chi connectivity index (χ1n) is 7.73. The first-order valence-corrected chi connectivity index (χ1v) is 10.1. The number of sulfonamides is 1. The molecule has 0 spiro atoms. The standard InChI is InChI=1S/C14H21N3O4S2.ClH/c18-14(12-10-15-5-8-21-12)17-6-3-11(4-7-17)16-23(19,20)13-2-1-9-22-13;/h1-2,9,11-12,15-16H,3-8,10H2;1H. The van der Waals surface area contributed by atoms with Crippen LogP contribution in [0.3, 0.4) is 0 Å². The molecule has 0 saturated carbocycles. The van der Waals surface area contributed by atoms with Crippen molar-refractivity contribution in [3.05, 3.63) is 17.5 Å². The summed E-state index contributed by atoms with van der Waals surface area (Å²) in [5.41, 5.74) is 0. The Kier molecular flexibility index (Phi) is 7.02. The number of amides is 1. The van der Waals surface area contributed by atoms with Crippen molar-refractivity contribution in [3.8, 4) is 0 Å². The predicted molar refractivity (Wildman–Crippen MR) is 94.1 cm³/mol. The number of piperidine rings is 1. The Morgan fingerprint density at radius 2 is 2.12 bits per heavy atom. The van der Waals surface area contributed by atoms with Crippen molar-refractivity contribution >= 4 is 39.7 Å². The van der Waals surface area contributed by atoms with Crippen LogP contribution in [-0.4, -0.2) is 64.2 Å². The molecule has 3 heterocycles. The number of ether oxygens (including phenoxy) is 1. The molecule has 136 valence electrons. The van der Waals surface area contributed by atoms with Gasteiger partial charge in [-0.15, -0.1) is 23.7 Å². The highest BCUT2D eigenvalue weighted by molar-refractivity contribution is 7.91. The quantitative estimate of drug-likeness (QED) is 0.771. The second-order valence-electron chi connectivity index (χ2n) is 5.72. The van der Waals surface area contributed by atoms with Gasteiger partial charge in [-0.25, -0.2) is 13.1 Å². The molecule has 7 nitrogen and oxygen atoms in total. The van der Waals surface area contributed by atoms with Crippen LogP contribution in [0.2, 0.25) is 0 Å². The van der Waals surface area contributed by atoms with E-state index in [0.717, 1.165) is 6.54 Å². The molecule has 2 saturated heterocycles. The molecule has 0 bridgehead atoms. The van der Waals surface area contributed by atoms with E-state index in [4.69, 9.17) is 4.74 Å². The average molecular weight is 396 g/mol. The Hall–Kier alpha value is -0.710. The highest BCUT2D eigenvalue weighted by Gasteiger charge is 2.31. The van der Waals surface area contributed by atoms with E-state index in [1.807, 2.05) is 0 Å². The largest absolute Gasteiger partial charge is 0.366 e. The number of carbonyl (C=O) groups is 1. The number of halogens is 1. The summed E-state index contributed by atoms with van der Waals surface area (Å²) in [6.07, 6.45) is 0.829. The Morgan fingerprint density at radius 1 is 1.38 bits per heavy atom. The highest BCUT2D eigenvalue weighted by Crippen LogP contribution is 2.19. The summed E-state index contributed by atoms with van der Waals surface area (Å²) < 4.78 is 33.0. The van der Waals surface area contributed by atoms with Crippen LogP contribution in [0.25, 0.3) is 0 Å². The lowest BCUT2D eigenvalue weighted by Crippen LogP contribution is -2.53. The summed E-state index contributed by atoms with van der Waals surface area (Å²) in [6, 6.07) is 3.19. The van der Waals surface area contributed by atoms with Crippen LogP contribution in [0.15, 0.2) is 21.7 Å².